The van der Waals surface area contributed by atoms with Crippen molar-refractivity contribution in [1.29, 1.82) is 0 Å². The normalized spacial score (nSPS) is 11.5. The molecule has 0 saturated carbocycles. The molecule has 0 bridgehead atoms. The summed E-state index contributed by atoms with van der Waals surface area (Å²) in [5.74, 6) is -1.74. The fourth-order valence-corrected chi connectivity index (χ4v) is 2.22. The summed E-state index contributed by atoms with van der Waals surface area (Å²) in [6, 6.07) is 4.73. The van der Waals surface area contributed by atoms with Gasteiger partial charge in [-0.2, -0.15) is 13.2 Å². The minimum absolute atomic E-state index is 0.00621. The summed E-state index contributed by atoms with van der Waals surface area (Å²) in [5, 5.41) is 8.91. The standard InChI is InChI=1S/C14H11F3O4/c1-20-9-5-4-8-7(11(9)13(18)19)3-6-10(21-2)12(8)14(15,16)17/h3-6H,1-2H3,(H,18,19). The summed E-state index contributed by atoms with van der Waals surface area (Å²) in [6.45, 7) is 0. The number of halogens is 3. The van der Waals surface area contributed by atoms with Crippen LogP contribution in [0.25, 0.3) is 10.8 Å². The molecule has 0 amide bonds. The summed E-state index contributed by atoms with van der Waals surface area (Å²) in [5.41, 5.74) is -1.32. The van der Waals surface area contributed by atoms with Gasteiger partial charge in [-0.3, -0.25) is 0 Å². The summed E-state index contributed by atoms with van der Waals surface area (Å²) < 4.78 is 49.3. The molecule has 2 aromatic rings. The van der Waals surface area contributed by atoms with E-state index < -0.39 is 17.7 Å². The van der Waals surface area contributed by atoms with Gasteiger partial charge in [-0.25, -0.2) is 4.79 Å². The molecule has 0 saturated heterocycles. The van der Waals surface area contributed by atoms with E-state index in [2.05, 4.69) is 0 Å². The van der Waals surface area contributed by atoms with Gasteiger partial charge in [0.05, 0.1) is 14.2 Å². The molecule has 1 N–H and O–H groups in total. The van der Waals surface area contributed by atoms with E-state index in [1.807, 2.05) is 0 Å². The fourth-order valence-electron chi connectivity index (χ4n) is 2.22. The zero-order chi connectivity index (χ0) is 15.8. The Morgan fingerprint density at radius 3 is 2.00 bits per heavy atom. The third-order valence-corrected chi connectivity index (χ3v) is 3.06. The van der Waals surface area contributed by atoms with Gasteiger partial charge in [-0.15, -0.1) is 0 Å². The van der Waals surface area contributed by atoms with Crippen molar-refractivity contribution in [1.82, 2.24) is 0 Å². The third-order valence-electron chi connectivity index (χ3n) is 3.06. The molecule has 0 heterocycles. The van der Waals surface area contributed by atoms with Gasteiger partial charge in [-0.1, -0.05) is 0 Å². The number of ether oxygens (including phenoxy) is 2. The maximum Gasteiger partial charge on any atom is 0.420 e. The van der Waals surface area contributed by atoms with Crippen LogP contribution in [0.15, 0.2) is 24.3 Å². The lowest BCUT2D eigenvalue weighted by Crippen LogP contribution is -2.10. The molecule has 0 spiro atoms. The smallest absolute Gasteiger partial charge is 0.420 e. The molecule has 0 atom stereocenters. The van der Waals surface area contributed by atoms with Crippen LogP contribution in [0.1, 0.15) is 15.9 Å². The third kappa shape index (κ3) is 2.46. The number of aromatic carboxylic acids is 1. The highest BCUT2D eigenvalue weighted by Gasteiger charge is 2.37. The topological polar surface area (TPSA) is 55.8 Å². The molecule has 0 unspecified atom stereocenters. The van der Waals surface area contributed by atoms with Crippen molar-refractivity contribution in [3.8, 4) is 11.5 Å². The first-order valence-corrected chi connectivity index (χ1v) is 5.79. The van der Waals surface area contributed by atoms with E-state index in [0.717, 1.165) is 13.2 Å². The van der Waals surface area contributed by atoms with Crippen LogP contribution in [0.2, 0.25) is 0 Å². The van der Waals surface area contributed by atoms with Crippen LogP contribution in [-0.2, 0) is 6.18 Å². The van der Waals surface area contributed by atoms with E-state index in [-0.39, 0.29) is 27.8 Å². The van der Waals surface area contributed by atoms with Crippen LogP contribution in [0.4, 0.5) is 13.2 Å². The lowest BCUT2D eigenvalue weighted by atomic mass is 9.98. The zero-order valence-electron chi connectivity index (χ0n) is 11.1. The molecule has 4 nitrogen and oxygen atoms in total. The Morgan fingerprint density at radius 2 is 1.52 bits per heavy atom. The second-order valence-corrected chi connectivity index (χ2v) is 4.18. The number of carboxylic acids is 1. The minimum atomic E-state index is -4.67. The fraction of sp³-hybridized carbons (Fsp3) is 0.214. The van der Waals surface area contributed by atoms with Crippen molar-refractivity contribution in [3.63, 3.8) is 0 Å². The van der Waals surface area contributed by atoms with Crippen molar-refractivity contribution in [2.24, 2.45) is 0 Å². The highest BCUT2D eigenvalue weighted by atomic mass is 19.4. The summed E-state index contributed by atoms with van der Waals surface area (Å²) in [4.78, 5) is 11.3. The number of methoxy groups -OCH3 is 2. The predicted octanol–water partition coefficient (Wildman–Crippen LogP) is 3.57. The van der Waals surface area contributed by atoms with Gasteiger partial charge in [0.1, 0.15) is 22.6 Å². The van der Waals surface area contributed by atoms with Gasteiger partial charge in [-0.05, 0) is 29.7 Å². The number of fused-ring (bicyclic) bond motifs is 1. The first-order valence-electron chi connectivity index (χ1n) is 5.79. The van der Waals surface area contributed by atoms with Crippen molar-refractivity contribution in [3.05, 3.63) is 35.4 Å². The minimum Gasteiger partial charge on any atom is -0.496 e. The van der Waals surface area contributed by atoms with Crippen molar-refractivity contribution in [2.75, 3.05) is 14.2 Å². The Hall–Kier alpha value is -2.44. The Balaban J connectivity index is 2.96. The maximum atomic E-state index is 13.2. The molecule has 0 aliphatic heterocycles. The molecular weight excluding hydrogens is 289 g/mol. The largest absolute Gasteiger partial charge is 0.496 e. The van der Waals surface area contributed by atoms with Crippen LogP contribution in [0.5, 0.6) is 11.5 Å². The lowest BCUT2D eigenvalue weighted by molar-refractivity contribution is -0.137. The monoisotopic (exact) mass is 300 g/mol. The summed E-state index contributed by atoms with van der Waals surface area (Å²) in [6.07, 6.45) is -4.67. The zero-order valence-corrected chi connectivity index (χ0v) is 11.1. The molecular formula is C14H11F3O4. The highest BCUT2D eigenvalue weighted by Crippen LogP contribution is 2.43. The SMILES string of the molecule is COc1ccc2c(C(F)(F)F)c(OC)ccc2c1C(=O)O. The average molecular weight is 300 g/mol. The Kier molecular flexibility index (Phi) is 3.67. The van der Waals surface area contributed by atoms with Crippen molar-refractivity contribution >= 4 is 16.7 Å². The molecule has 0 aromatic heterocycles. The molecule has 2 rings (SSSR count). The van der Waals surface area contributed by atoms with Crippen LogP contribution < -0.4 is 9.47 Å². The van der Waals surface area contributed by atoms with E-state index in [0.29, 0.717) is 0 Å². The van der Waals surface area contributed by atoms with E-state index in [1.165, 1.54) is 25.3 Å². The Morgan fingerprint density at radius 1 is 1.00 bits per heavy atom. The van der Waals surface area contributed by atoms with Crippen molar-refractivity contribution in [2.45, 2.75) is 6.18 Å². The highest BCUT2D eigenvalue weighted by molar-refractivity contribution is 6.07. The first-order chi connectivity index (χ1) is 9.81. The van der Waals surface area contributed by atoms with Crippen LogP contribution in [0.3, 0.4) is 0 Å². The van der Waals surface area contributed by atoms with E-state index in [1.54, 1.807) is 0 Å². The molecule has 112 valence electrons. The second kappa shape index (κ2) is 5.16. The Bertz CT molecular complexity index is 707. The number of rotatable bonds is 3. The van der Waals surface area contributed by atoms with Crippen LogP contribution >= 0.6 is 0 Å². The number of hydrogen-bond acceptors (Lipinski definition) is 3. The van der Waals surface area contributed by atoms with Gasteiger partial charge in [0, 0.05) is 5.39 Å². The molecule has 0 aliphatic carbocycles. The van der Waals surface area contributed by atoms with E-state index >= 15 is 0 Å². The number of carboxylic acid groups (broad SMARTS) is 1. The molecule has 2 aromatic carbocycles. The van der Waals surface area contributed by atoms with Gasteiger partial charge >= 0.3 is 12.1 Å². The summed E-state index contributed by atoms with van der Waals surface area (Å²) in [7, 11) is 2.37. The van der Waals surface area contributed by atoms with Gasteiger partial charge in [0.2, 0.25) is 0 Å². The molecule has 21 heavy (non-hydrogen) atoms. The first kappa shape index (κ1) is 15.0. The average Bonchev–Trinajstić information content (AvgIpc) is 2.43. The number of carbonyl (C=O) groups is 1. The second-order valence-electron chi connectivity index (χ2n) is 4.18. The van der Waals surface area contributed by atoms with Crippen molar-refractivity contribution < 1.29 is 32.5 Å². The van der Waals surface area contributed by atoms with Crippen LogP contribution in [0, 0.1) is 0 Å². The van der Waals surface area contributed by atoms with E-state index in [4.69, 9.17) is 9.47 Å². The summed E-state index contributed by atoms with van der Waals surface area (Å²) >= 11 is 0. The molecule has 0 radical (unpaired) electrons. The van der Waals surface area contributed by atoms with E-state index in [9.17, 15) is 23.1 Å². The van der Waals surface area contributed by atoms with Crippen LogP contribution in [-0.4, -0.2) is 25.3 Å². The molecule has 0 aliphatic rings. The molecule has 7 heteroatoms. The van der Waals surface area contributed by atoms with Gasteiger partial charge in [0.15, 0.2) is 0 Å². The number of hydrogen-bond donors (Lipinski definition) is 1. The van der Waals surface area contributed by atoms with Gasteiger partial charge in [0.25, 0.3) is 0 Å². The quantitative estimate of drug-likeness (QED) is 0.941. The maximum absolute atomic E-state index is 13.2. The van der Waals surface area contributed by atoms with Gasteiger partial charge < -0.3 is 14.6 Å². The Labute approximate surface area is 117 Å². The predicted molar refractivity (Wildman–Crippen MR) is 69.0 cm³/mol. The lowest BCUT2D eigenvalue weighted by Gasteiger charge is -2.16. The number of alkyl halides is 3. The molecule has 0 fully saturated rings. The number of benzene rings is 2.